The van der Waals surface area contributed by atoms with Gasteiger partial charge in [0.15, 0.2) is 0 Å². The van der Waals surface area contributed by atoms with Gasteiger partial charge >= 0.3 is 0 Å². The van der Waals surface area contributed by atoms with Gasteiger partial charge in [0.25, 0.3) is 0 Å². The third kappa shape index (κ3) is 3.06. The summed E-state index contributed by atoms with van der Waals surface area (Å²) in [5.74, 6) is 0.925. The van der Waals surface area contributed by atoms with Crippen LogP contribution in [0.5, 0.6) is 0 Å². The van der Waals surface area contributed by atoms with E-state index >= 15 is 0 Å². The van der Waals surface area contributed by atoms with Crippen molar-refractivity contribution in [2.45, 2.75) is 0 Å². The lowest BCUT2D eigenvalue weighted by Gasteiger charge is -2.12. The smallest absolute Gasteiger partial charge is 0.138 e. The lowest BCUT2D eigenvalue weighted by molar-refractivity contribution is 1.05. The van der Waals surface area contributed by atoms with Crippen LogP contribution in [0.25, 0.3) is 59.3 Å². The summed E-state index contributed by atoms with van der Waals surface area (Å²) in [5.41, 5.74) is 5.61. The molecule has 0 saturated carbocycles. The van der Waals surface area contributed by atoms with E-state index in [4.69, 9.17) is 4.98 Å². The zero-order chi connectivity index (χ0) is 22.5. The van der Waals surface area contributed by atoms with Crippen LogP contribution in [0.15, 0.2) is 121 Å². The number of benzene rings is 4. The zero-order valence-corrected chi connectivity index (χ0v) is 19.2. The van der Waals surface area contributed by atoms with Crippen LogP contribution in [-0.2, 0) is 0 Å². The minimum Gasteiger partial charge on any atom is -0.301 e. The molecule has 0 bridgehead atoms. The summed E-state index contributed by atoms with van der Waals surface area (Å²) in [5, 5.41) is 3.92. The standard InChI is InChI=1S/C31H20N2S/c1-3-9-21(10-4-1)23-19-26(22-11-5-2-6-12-22)32-30(20-23)33-18-17-24-27(33)15-16-29-31(24)25-13-7-8-14-28(25)34-29/h1-20H. The highest BCUT2D eigenvalue weighted by atomic mass is 32.1. The fraction of sp³-hybridized carbons (Fsp3) is 0. The number of pyridine rings is 1. The molecular weight excluding hydrogens is 432 g/mol. The molecule has 0 aliphatic rings. The van der Waals surface area contributed by atoms with Crippen molar-refractivity contribution >= 4 is 42.4 Å². The van der Waals surface area contributed by atoms with Gasteiger partial charge in [0.2, 0.25) is 0 Å². The maximum absolute atomic E-state index is 5.12. The van der Waals surface area contributed by atoms with Crippen molar-refractivity contribution in [1.82, 2.24) is 9.55 Å². The molecular formula is C31H20N2S. The maximum Gasteiger partial charge on any atom is 0.138 e. The lowest BCUT2D eigenvalue weighted by Crippen LogP contribution is -1.98. The van der Waals surface area contributed by atoms with E-state index in [0.717, 1.165) is 22.6 Å². The van der Waals surface area contributed by atoms with E-state index in [1.807, 2.05) is 17.4 Å². The number of fused-ring (bicyclic) bond motifs is 5. The molecule has 0 unspecified atom stereocenters. The van der Waals surface area contributed by atoms with Crippen molar-refractivity contribution in [2.75, 3.05) is 0 Å². The Labute approximate surface area is 201 Å². The van der Waals surface area contributed by atoms with E-state index in [2.05, 4.69) is 120 Å². The van der Waals surface area contributed by atoms with Crippen molar-refractivity contribution in [3.05, 3.63) is 121 Å². The van der Waals surface area contributed by atoms with E-state index in [1.54, 1.807) is 0 Å². The number of aromatic nitrogens is 2. The number of hydrogen-bond donors (Lipinski definition) is 0. The van der Waals surface area contributed by atoms with Crippen LogP contribution in [0.1, 0.15) is 0 Å². The third-order valence-electron chi connectivity index (χ3n) is 6.45. The van der Waals surface area contributed by atoms with Crippen LogP contribution in [0.2, 0.25) is 0 Å². The van der Waals surface area contributed by atoms with Crippen LogP contribution >= 0.6 is 11.3 Å². The van der Waals surface area contributed by atoms with Crippen LogP contribution in [0.4, 0.5) is 0 Å². The predicted octanol–water partition coefficient (Wildman–Crippen LogP) is 8.73. The molecule has 0 N–H and O–H groups in total. The van der Waals surface area contributed by atoms with Gasteiger partial charge in [-0.15, -0.1) is 11.3 Å². The Bertz CT molecular complexity index is 1740. The number of thiophene rings is 1. The average Bonchev–Trinajstić information content (AvgIpc) is 3.51. The molecule has 7 rings (SSSR count). The second-order valence-corrected chi connectivity index (χ2v) is 9.57. The first-order valence-electron chi connectivity index (χ1n) is 11.4. The van der Waals surface area contributed by atoms with Crippen LogP contribution < -0.4 is 0 Å². The fourth-order valence-electron chi connectivity index (χ4n) is 4.83. The van der Waals surface area contributed by atoms with Gasteiger partial charge in [-0.05, 0) is 47.5 Å². The summed E-state index contributed by atoms with van der Waals surface area (Å²) < 4.78 is 4.87. The molecule has 0 saturated heterocycles. The largest absolute Gasteiger partial charge is 0.301 e. The van der Waals surface area contributed by atoms with Crippen LogP contribution in [-0.4, -0.2) is 9.55 Å². The van der Waals surface area contributed by atoms with Gasteiger partial charge in [0, 0.05) is 37.3 Å². The highest BCUT2D eigenvalue weighted by Crippen LogP contribution is 2.39. The minimum atomic E-state index is 0.925. The van der Waals surface area contributed by atoms with E-state index in [9.17, 15) is 0 Å². The molecule has 3 aromatic heterocycles. The van der Waals surface area contributed by atoms with Gasteiger partial charge in [-0.25, -0.2) is 4.98 Å². The van der Waals surface area contributed by atoms with E-state index < -0.39 is 0 Å². The Morgan fingerprint density at radius 3 is 2.12 bits per heavy atom. The van der Waals surface area contributed by atoms with Gasteiger partial charge in [-0.1, -0.05) is 78.9 Å². The Morgan fingerprint density at radius 2 is 1.29 bits per heavy atom. The van der Waals surface area contributed by atoms with Gasteiger partial charge in [-0.2, -0.15) is 0 Å². The SMILES string of the molecule is c1ccc(-c2cc(-c3ccccc3)nc(-n3ccc4c5c(ccc43)sc3ccccc35)c2)cc1. The van der Waals surface area contributed by atoms with E-state index in [-0.39, 0.29) is 0 Å². The summed E-state index contributed by atoms with van der Waals surface area (Å²) in [6.07, 6.45) is 2.16. The topological polar surface area (TPSA) is 17.8 Å². The van der Waals surface area contributed by atoms with Gasteiger partial charge in [0.05, 0.1) is 11.2 Å². The quantitative estimate of drug-likeness (QED) is 0.262. The monoisotopic (exact) mass is 452 g/mol. The van der Waals surface area contributed by atoms with Crippen molar-refractivity contribution in [1.29, 1.82) is 0 Å². The Balaban J connectivity index is 1.49. The highest BCUT2D eigenvalue weighted by molar-refractivity contribution is 7.26. The summed E-state index contributed by atoms with van der Waals surface area (Å²) >= 11 is 1.86. The van der Waals surface area contributed by atoms with Gasteiger partial charge in [-0.3, -0.25) is 0 Å². The summed E-state index contributed by atoms with van der Waals surface area (Å²) in [7, 11) is 0. The van der Waals surface area contributed by atoms with Crippen molar-refractivity contribution in [3.8, 4) is 28.2 Å². The molecule has 160 valence electrons. The molecule has 0 spiro atoms. The second-order valence-electron chi connectivity index (χ2n) is 8.49. The maximum atomic E-state index is 5.12. The molecule has 34 heavy (non-hydrogen) atoms. The molecule has 0 amide bonds. The van der Waals surface area contributed by atoms with E-state index in [1.165, 1.54) is 36.6 Å². The second kappa shape index (κ2) is 7.68. The highest BCUT2D eigenvalue weighted by Gasteiger charge is 2.14. The molecule has 0 fully saturated rings. The minimum absolute atomic E-state index is 0.925. The van der Waals surface area contributed by atoms with Crippen LogP contribution in [0.3, 0.4) is 0 Å². The van der Waals surface area contributed by atoms with E-state index in [0.29, 0.717) is 0 Å². The molecule has 0 aliphatic heterocycles. The molecule has 4 aromatic carbocycles. The summed E-state index contributed by atoms with van der Waals surface area (Å²) in [6.45, 7) is 0. The lowest BCUT2D eigenvalue weighted by atomic mass is 10.0. The molecule has 0 atom stereocenters. The number of hydrogen-bond acceptors (Lipinski definition) is 2. The number of nitrogens with zero attached hydrogens (tertiary/aromatic N) is 2. The summed E-state index contributed by atoms with van der Waals surface area (Å²) in [6, 6.07) is 40.7. The first-order valence-corrected chi connectivity index (χ1v) is 12.2. The molecule has 7 aromatic rings. The van der Waals surface area contributed by atoms with Crippen molar-refractivity contribution in [2.24, 2.45) is 0 Å². The molecule has 2 nitrogen and oxygen atoms in total. The summed E-state index contributed by atoms with van der Waals surface area (Å²) in [4.78, 5) is 5.12. The molecule has 3 heterocycles. The Morgan fingerprint density at radius 1 is 0.559 bits per heavy atom. The van der Waals surface area contributed by atoms with Crippen LogP contribution in [0, 0.1) is 0 Å². The third-order valence-corrected chi connectivity index (χ3v) is 7.58. The zero-order valence-electron chi connectivity index (χ0n) is 18.3. The van der Waals surface area contributed by atoms with Crippen molar-refractivity contribution < 1.29 is 0 Å². The fourth-order valence-corrected chi connectivity index (χ4v) is 5.96. The Kier molecular flexibility index (Phi) is 4.36. The molecule has 0 radical (unpaired) electrons. The van der Waals surface area contributed by atoms with Gasteiger partial charge in [0.1, 0.15) is 5.82 Å². The molecule has 3 heteroatoms. The predicted molar refractivity (Wildman–Crippen MR) is 145 cm³/mol. The first kappa shape index (κ1) is 19.3. The average molecular weight is 453 g/mol. The normalized spacial score (nSPS) is 11.5. The Hall–Kier alpha value is -4.21. The molecule has 0 aliphatic carbocycles. The van der Waals surface area contributed by atoms with Crippen molar-refractivity contribution in [3.63, 3.8) is 0 Å². The van der Waals surface area contributed by atoms with Gasteiger partial charge < -0.3 is 4.57 Å². The number of rotatable bonds is 3. The first-order chi connectivity index (χ1) is 16.8.